The van der Waals surface area contributed by atoms with Crippen molar-refractivity contribution in [2.24, 2.45) is 0 Å². The quantitative estimate of drug-likeness (QED) is 0.756. The zero-order valence-electron chi connectivity index (χ0n) is 10.3. The molecule has 0 saturated heterocycles. The van der Waals surface area contributed by atoms with Crippen molar-refractivity contribution < 1.29 is 4.79 Å². The van der Waals surface area contributed by atoms with Crippen LogP contribution in [0.4, 0.5) is 0 Å². The summed E-state index contributed by atoms with van der Waals surface area (Å²) in [5.41, 5.74) is 3.81. The monoisotopic (exact) mass is 228 g/mol. The first-order chi connectivity index (χ1) is 8.13. The van der Waals surface area contributed by atoms with Crippen LogP contribution in [0.1, 0.15) is 35.8 Å². The van der Waals surface area contributed by atoms with E-state index in [-0.39, 0.29) is 0 Å². The van der Waals surface area contributed by atoms with Gasteiger partial charge in [0.15, 0.2) is 0 Å². The Hall–Kier alpha value is -1.90. The fourth-order valence-electron chi connectivity index (χ4n) is 1.88. The maximum absolute atomic E-state index is 10.9. The first kappa shape index (κ1) is 11.6. The largest absolute Gasteiger partial charge is 0.298 e. The number of hydrogen-bond donors (Lipinski definition) is 0. The maximum Gasteiger partial charge on any atom is 0.150 e. The first-order valence-electron chi connectivity index (χ1n) is 5.73. The predicted molar refractivity (Wildman–Crippen MR) is 68.2 cm³/mol. The van der Waals surface area contributed by atoms with E-state index in [9.17, 15) is 4.79 Å². The molecule has 0 aliphatic rings. The van der Waals surface area contributed by atoms with Gasteiger partial charge in [0.25, 0.3) is 0 Å². The normalized spacial score (nSPS) is 10.8. The average molecular weight is 228 g/mol. The molecule has 1 aromatic heterocycles. The molecule has 3 nitrogen and oxygen atoms in total. The molecule has 0 aliphatic heterocycles. The smallest absolute Gasteiger partial charge is 0.150 e. The SMILES string of the molecule is Cc1ccc(-c2ccnn2C(C)C)cc1C=O. The summed E-state index contributed by atoms with van der Waals surface area (Å²) in [6.07, 6.45) is 2.69. The molecule has 0 saturated carbocycles. The average Bonchev–Trinajstić information content (AvgIpc) is 2.78. The van der Waals surface area contributed by atoms with Crippen LogP contribution in [-0.2, 0) is 0 Å². The molecule has 3 heteroatoms. The Balaban J connectivity index is 2.53. The minimum Gasteiger partial charge on any atom is -0.298 e. The third kappa shape index (κ3) is 2.13. The van der Waals surface area contributed by atoms with E-state index in [4.69, 9.17) is 0 Å². The lowest BCUT2D eigenvalue weighted by atomic mass is 10.0. The van der Waals surface area contributed by atoms with Crippen molar-refractivity contribution in [1.29, 1.82) is 0 Å². The van der Waals surface area contributed by atoms with Crippen LogP contribution in [0.5, 0.6) is 0 Å². The highest BCUT2D eigenvalue weighted by atomic mass is 16.1. The van der Waals surface area contributed by atoms with Crippen LogP contribution in [0, 0.1) is 6.92 Å². The Morgan fingerprint density at radius 1 is 1.29 bits per heavy atom. The Morgan fingerprint density at radius 3 is 2.71 bits per heavy atom. The van der Waals surface area contributed by atoms with Crippen LogP contribution in [0.15, 0.2) is 30.5 Å². The Bertz CT molecular complexity index is 541. The lowest BCUT2D eigenvalue weighted by Gasteiger charge is -2.11. The van der Waals surface area contributed by atoms with Crippen molar-refractivity contribution >= 4 is 6.29 Å². The summed E-state index contributed by atoms with van der Waals surface area (Å²) in [5, 5.41) is 4.30. The van der Waals surface area contributed by atoms with E-state index in [0.29, 0.717) is 6.04 Å². The molecule has 88 valence electrons. The molecule has 17 heavy (non-hydrogen) atoms. The molecule has 0 atom stereocenters. The highest BCUT2D eigenvalue weighted by Crippen LogP contribution is 2.23. The van der Waals surface area contributed by atoms with E-state index in [1.54, 1.807) is 6.20 Å². The number of aryl methyl sites for hydroxylation is 1. The molecular weight excluding hydrogens is 212 g/mol. The molecule has 1 heterocycles. The van der Waals surface area contributed by atoms with Crippen molar-refractivity contribution in [3.05, 3.63) is 41.6 Å². The number of carbonyl (C=O) groups excluding carboxylic acids is 1. The lowest BCUT2D eigenvalue weighted by molar-refractivity contribution is 0.112. The van der Waals surface area contributed by atoms with E-state index < -0.39 is 0 Å². The molecule has 1 aromatic carbocycles. The second-order valence-electron chi connectivity index (χ2n) is 4.44. The van der Waals surface area contributed by atoms with Crippen molar-refractivity contribution in [3.8, 4) is 11.3 Å². The molecular formula is C14H16N2O. The van der Waals surface area contributed by atoms with Gasteiger partial charge in [-0.05, 0) is 38.5 Å². The maximum atomic E-state index is 10.9. The van der Waals surface area contributed by atoms with Crippen LogP contribution in [0.25, 0.3) is 11.3 Å². The standard InChI is InChI=1S/C14H16N2O/c1-10(2)16-14(6-7-15-16)12-5-4-11(3)13(8-12)9-17/h4-10H,1-3H3. The summed E-state index contributed by atoms with van der Waals surface area (Å²) in [7, 11) is 0. The van der Waals surface area contributed by atoms with Gasteiger partial charge in [0.1, 0.15) is 6.29 Å². The summed E-state index contributed by atoms with van der Waals surface area (Å²) in [4.78, 5) is 10.9. The number of hydrogen-bond acceptors (Lipinski definition) is 2. The molecule has 0 unspecified atom stereocenters. The van der Waals surface area contributed by atoms with Crippen molar-refractivity contribution in [1.82, 2.24) is 9.78 Å². The topological polar surface area (TPSA) is 34.9 Å². The van der Waals surface area contributed by atoms with Crippen LogP contribution in [-0.4, -0.2) is 16.1 Å². The van der Waals surface area contributed by atoms with Gasteiger partial charge in [-0.15, -0.1) is 0 Å². The van der Waals surface area contributed by atoms with Crippen molar-refractivity contribution in [2.75, 3.05) is 0 Å². The zero-order chi connectivity index (χ0) is 12.4. The van der Waals surface area contributed by atoms with Gasteiger partial charge in [-0.25, -0.2) is 0 Å². The Labute approximate surface area is 101 Å². The van der Waals surface area contributed by atoms with Gasteiger partial charge in [0.05, 0.1) is 5.69 Å². The van der Waals surface area contributed by atoms with Crippen molar-refractivity contribution in [2.45, 2.75) is 26.8 Å². The first-order valence-corrected chi connectivity index (χ1v) is 5.73. The van der Waals surface area contributed by atoms with E-state index in [1.165, 1.54) is 0 Å². The fourth-order valence-corrected chi connectivity index (χ4v) is 1.88. The fraction of sp³-hybridized carbons (Fsp3) is 0.286. The minimum atomic E-state index is 0.306. The van der Waals surface area contributed by atoms with E-state index in [2.05, 4.69) is 18.9 Å². The molecule has 0 N–H and O–H groups in total. The van der Waals surface area contributed by atoms with Gasteiger partial charge in [-0.3, -0.25) is 9.48 Å². The van der Waals surface area contributed by atoms with Gasteiger partial charge < -0.3 is 0 Å². The van der Waals surface area contributed by atoms with Gasteiger partial charge in [-0.1, -0.05) is 12.1 Å². The number of aldehydes is 1. The van der Waals surface area contributed by atoms with Crippen LogP contribution in [0.3, 0.4) is 0 Å². The Kier molecular flexibility index (Phi) is 3.09. The molecule has 0 fully saturated rings. The molecule has 0 radical (unpaired) electrons. The van der Waals surface area contributed by atoms with Crippen LogP contribution >= 0.6 is 0 Å². The van der Waals surface area contributed by atoms with Gasteiger partial charge in [0, 0.05) is 23.4 Å². The number of aromatic nitrogens is 2. The number of benzene rings is 1. The van der Waals surface area contributed by atoms with E-state index in [1.807, 2.05) is 35.9 Å². The molecule has 0 spiro atoms. The molecule has 0 amide bonds. The van der Waals surface area contributed by atoms with Crippen LogP contribution in [0.2, 0.25) is 0 Å². The Morgan fingerprint density at radius 2 is 2.06 bits per heavy atom. The number of nitrogens with zero attached hydrogens (tertiary/aromatic N) is 2. The third-order valence-electron chi connectivity index (χ3n) is 2.86. The molecule has 0 bridgehead atoms. The highest BCUT2D eigenvalue weighted by Gasteiger charge is 2.09. The minimum absolute atomic E-state index is 0.306. The summed E-state index contributed by atoms with van der Waals surface area (Å²) in [6, 6.07) is 8.19. The summed E-state index contributed by atoms with van der Waals surface area (Å²) in [5.74, 6) is 0. The van der Waals surface area contributed by atoms with E-state index >= 15 is 0 Å². The van der Waals surface area contributed by atoms with Gasteiger partial charge >= 0.3 is 0 Å². The van der Waals surface area contributed by atoms with Crippen molar-refractivity contribution in [3.63, 3.8) is 0 Å². The third-order valence-corrected chi connectivity index (χ3v) is 2.86. The zero-order valence-corrected chi connectivity index (χ0v) is 10.3. The second kappa shape index (κ2) is 4.53. The summed E-state index contributed by atoms with van der Waals surface area (Å²) >= 11 is 0. The number of carbonyl (C=O) groups is 1. The van der Waals surface area contributed by atoms with E-state index in [0.717, 1.165) is 28.7 Å². The van der Waals surface area contributed by atoms with Gasteiger partial charge in [-0.2, -0.15) is 5.10 Å². The number of rotatable bonds is 3. The summed E-state index contributed by atoms with van der Waals surface area (Å²) in [6.45, 7) is 6.11. The second-order valence-corrected chi connectivity index (χ2v) is 4.44. The molecule has 2 aromatic rings. The predicted octanol–water partition coefficient (Wildman–Crippen LogP) is 3.25. The lowest BCUT2D eigenvalue weighted by Crippen LogP contribution is -2.04. The summed E-state index contributed by atoms with van der Waals surface area (Å²) < 4.78 is 1.96. The molecule has 2 rings (SSSR count). The van der Waals surface area contributed by atoms with Crippen LogP contribution < -0.4 is 0 Å². The highest BCUT2D eigenvalue weighted by molar-refractivity contribution is 5.80. The molecule has 0 aliphatic carbocycles. The van der Waals surface area contributed by atoms with Gasteiger partial charge in [0.2, 0.25) is 0 Å².